The maximum Gasteiger partial charge on any atom is 0.141 e. The number of hydrogen-bond acceptors (Lipinski definition) is 4. The number of hydrogen-bond donors (Lipinski definition) is 1. The van der Waals surface area contributed by atoms with E-state index in [0.717, 1.165) is 67.2 Å². The second-order valence-corrected chi connectivity index (χ2v) is 15.2. The van der Waals surface area contributed by atoms with Crippen LogP contribution in [0.3, 0.4) is 0 Å². The van der Waals surface area contributed by atoms with Crippen molar-refractivity contribution in [2.75, 3.05) is 4.90 Å². The van der Waals surface area contributed by atoms with Gasteiger partial charge in [0, 0.05) is 49.9 Å². The van der Waals surface area contributed by atoms with Crippen LogP contribution >= 0.6 is 0 Å². The van der Waals surface area contributed by atoms with Crippen LogP contribution in [-0.2, 0) is 5.41 Å². The molecular formula is C51H37N3O. The Morgan fingerprint density at radius 3 is 2.13 bits per heavy atom. The van der Waals surface area contributed by atoms with E-state index in [-0.39, 0.29) is 11.5 Å². The van der Waals surface area contributed by atoms with Gasteiger partial charge in [-0.25, -0.2) is 4.99 Å². The Morgan fingerprint density at radius 1 is 0.545 bits per heavy atom. The summed E-state index contributed by atoms with van der Waals surface area (Å²) in [6, 6.07) is 62.8. The highest BCUT2D eigenvalue weighted by Crippen LogP contribution is 2.50. The minimum absolute atomic E-state index is 0.106. The molecule has 4 heteroatoms. The smallest absolute Gasteiger partial charge is 0.141 e. The van der Waals surface area contributed by atoms with Gasteiger partial charge in [0.2, 0.25) is 0 Å². The molecule has 0 fully saturated rings. The molecular weight excluding hydrogens is 671 g/mol. The van der Waals surface area contributed by atoms with Gasteiger partial charge in [0.05, 0.1) is 11.7 Å². The van der Waals surface area contributed by atoms with E-state index < -0.39 is 0 Å². The normalized spacial score (nSPS) is 15.3. The Morgan fingerprint density at radius 2 is 1.24 bits per heavy atom. The molecule has 1 unspecified atom stereocenters. The van der Waals surface area contributed by atoms with Gasteiger partial charge in [-0.15, -0.1) is 0 Å². The Bertz CT molecular complexity index is 3010. The van der Waals surface area contributed by atoms with Gasteiger partial charge in [0.25, 0.3) is 0 Å². The fraction of sp³-hybridized carbons (Fsp3) is 0.0784. The zero-order valence-electron chi connectivity index (χ0n) is 30.6. The zero-order valence-corrected chi connectivity index (χ0v) is 30.6. The third-order valence-electron chi connectivity index (χ3n) is 11.7. The van der Waals surface area contributed by atoms with E-state index in [1.165, 1.54) is 33.0 Å². The summed E-state index contributed by atoms with van der Waals surface area (Å²) in [5.74, 6) is 0.822. The van der Waals surface area contributed by atoms with E-state index in [9.17, 15) is 0 Å². The van der Waals surface area contributed by atoms with E-state index in [0.29, 0.717) is 0 Å². The fourth-order valence-corrected chi connectivity index (χ4v) is 8.97. The van der Waals surface area contributed by atoms with Crippen molar-refractivity contribution in [3.8, 4) is 11.1 Å². The molecule has 0 radical (unpaired) electrons. The first-order chi connectivity index (χ1) is 27.0. The van der Waals surface area contributed by atoms with Gasteiger partial charge in [-0.2, -0.15) is 0 Å². The van der Waals surface area contributed by atoms with Crippen LogP contribution in [0.15, 0.2) is 185 Å². The summed E-state index contributed by atoms with van der Waals surface area (Å²) < 4.78 is 6.73. The second-order valence-electron chi connectivity index (χ2n) is 15.2. The van der Waals surface area contributed by atoms with Gasteiger partial charge in [0.1, 0.15) is 17.0 Å². The Kier molecular flexibility index (Phi) is 6.93. The molecule has 262 valence electrons. The van der Waals surface area contributed by atoms with Crippen molar-refractivity contribution in [1.29, 1.82) is 0 Å². The number of benzene rings is 8. The number of para-hydroxylation sites is 3. The molecule has 1 N–H and O–H groups in total. The fourth-order valence-electron chi connectivity index (χ4n) is 8.97. The maximum absolute atomic E-state index is 6.73. The molecule has 4 nitrogen and oxygen atoms in total. The zero-order chi connectivity index (χ0) is 36.7. The third kappa shape index (κ3) is 4.95. The lowest BCUT2D eigenvalue weighted by atomic mass is 9.82. The van der Waals surface area contributed by atoms with Gasteiger partial charge in [-0.1, -0.05) is 135 Å². The lowest BCUT2D eigenvalue weighted by molar-refractivity contribution is 0.649. The van der Waals surface area contributed by atoms with Crippen molar-refractivity contribution in [3.05, 3.63) is 204 Å². The highest BCUT2D eigenvalue weighted by Gasteiger charge is 2.36. The van der Waals surface area contributed by atoms with Gasteiger partial charge < -0.3 is 14.6 Å². The summed E-state index contributed by atoms with van der Waals surface area (Å²) in [5, 5.41) is 8.50. The molecule has 0 spiro atoms. The monoisotopic (exact) mass is 707 g/mol. The van der Waals surface area contributed by atoms with Crippen LogP contribution in [-0.4, -0.2) is 5.84 Å². The Balaban J connectivity index is 1.02. The average Bonchev–Trinajstić information content (AvgIpc) is 3.71. The molecule has 0 saturated heterocycles. The first kappa shape index (κ1) is 31.6. The van der Waals surface area contributed by atoms with E-state index >= 15 is 0 Å². The van der Waals surface area contributed by atoms with E-state index in [2.05, 4.69) is 200 Å². The van der Waals surface area contributed by atoms with Crippen LogP contribution in [0, 0.1) is 0 Å². The molecule has 0 saturated carbocycles. The second kappa shape index (κ2) is 12.1. The van der Waals surface area contributed by atoms with Crippen LogP contribution in [0.4, 0.5) is 22.7 Å². The number of nitrogens with zero attached hydrogens (tertiary/aromatic N) is 2. The molecule has 8 aromatic carbocycles. The number of furan rings is 1. The minimum Gasteiger partial charge on any atom is -0.456 e. The Hall–Kier alpha value is -6.91. The van der Waals surface area contributed by atoms with Crippen molar-refractivity contribution in [1.82, 2.24) is 5.32 Å². The lowest BCUT2D eigenvalue weighted by Gasteiger charge is -2.30. The average molecular weight is 708 g/mol. The predicted molar refractivity (Wildman–Crippen MR) is 228 cm³/mol. The molecule has 9 aromatic rings. The molecule has 1 aliphatic heterocycles. The standard InChI is InChI=1S/C51H37N3O/c1-51(2)44-24-10-8-20-38(44)39-27-26-37(31-45(39)51)54(35-17-4-3-5-18-35)36-19-12-16-34(28-36)50-52-46-25-11-9-21-41(46)48(53-50)42-23-13-22-40-43-29-32-14-6-7-15-33(32)30-47(43)55-49(40)42/h3-31,48H,1-2H3,(H,52,53). The Labute approximate surface area is 320 Å². The number of amidine groups is 1. The van der Waals surface area contributed by atoms with Crippen molar-refractivity contribution >= 4 is 61.3 Å². The SMILES string of the molecule is CC1(C)c2ccccc2-c2ccc(N(c3ccccc3)c3cccc(C4=Nc5ccccc5C(c5cccc6c5oc5cc7ccccc7cc56)N4)c3)cc21. The summed E-state index contributed by atoms with van der Waals surface area (Å²) in [6.07, 6.45) is 0. The summed E-state index contributed by atoms with van der Waals surface area (Å²) in [5.41, 5.74) is 14.5. The van der Waals surface area contributed by atoms with Crippen LogP contribution in [0.5, 0.6) is 0 Å². The third-order valence-corrected chi connectivity index (χ3v) is 11.7. The van der Waals surface area contributed by atoms with Crippen LogP contribution in [0.1, 0.15) is 47.7 Å². The molecule has 1 aliphatic carbocycles. The van der Waals surface area contributed by atoms with Crippen molar-refractivity contribution in [2.45, 2.75) is 25.3 Å². The summed E-state index contributed by atoms with van der Waals surface area (Å²) >= 11 is 0. The molecule has 0 amide bonds. The van der Waals surface area contributed by atoms with E-state index in [1.807, 2.05) is 0 Å². The first-order valence-corrected chi connectivity index (χ1v) is 19.0. The van der Waals surface area contributed by atoms with Gasteiger partial charge in [0.15, 0.2) is 0 Å². The van der Waals surface area contributed by atoms with Crippen molar-refractivity contribution < 1.29 is 4.42 Å². The first-order valence-electron chi connectivity index (χ1n) is 19.0. The van der Waals surface area contributed by atoms with Crippen molar-refractivity contribution in [2.24, 2.45) is 4.99 Å². The summed E-state index contributed by atoms with van der Waals surface area (Å²) in [4.78, 5) is 7.60. The molecule has 1 aromatic heterocycles. The van der Waals surface area contributed by atoms with Gasteiger partial charge in [-0.3, -0.25) is 0 Å². The predicted octanol–water partition coefficient (Wildman–Crippen LogP) is 13.3. The molecule has 2 aliphatic rings. The number of anilines is 3. The van der Waals surface area contributed by atoms with Gasteiger partial charge >= 0.3 is 0 Å². The number of rotatable bonds is 5. The van der Waals surface area contributed by atoms with E-state index in [1.54, 1.807) is 0 Å². The van der Waals surface area contributed by atoms with E-state index in [4.69, 9.17) is 9.41 Å². The number of aliphatic imine (C=N–C) groups is 1. The summed E-state index contributed by atoms with van der Waals surface area (Å²) in [6.45, 7) is 4.67. The minimum atomic E-state index is -0.170. The van der Waals surface area contributed by atoms with Gasteiger partial charge in [-0.05, 0) is 87.6 Å². The quantitative estimate of drug-likeness (QED) is 0.194. The summed E-state index contributed by atoms with van der Waals surface area (Å²) in [7, 11) is 0. The van der Waals surface area contributed by atoms with Crippen molar-refractivity contribution in [3.63, 3.8) is 0 Å². The van der Waals surface area contributed by atoms with Crippen LogP contribution in [0.2, 0.25) is 0 Å². The number of nitrogens with one attached hydrogen (secondary N) is 1. The molecule has 55 heavy (non-hydrogen) atoms. The van der Waals surface area contributed by atoms with Crippen LogP contribution < -0.4 is 10.2 Å². The molecule has 11 rings (SSSR count). The maximum atomic E-state index is 6.73. The topological polar surface area (TPSA) is 40.8 Å². The van der Waals surface area contributed by atoms with Crippen LogP contribution in [0.25, 0.3) is 43.8 Å². The molecule has 2 heterocycles. The largest absolute Gasteiger partial charge is 0.456 e. The number of fused-ring (bicyclic) bond motifs is 8. The lowest BCUT2D eigenvalue weighted by Crippen LogP contribution is -2.33. The molecule has 0 bridgehead atoms. The molecule has 1 atom stereocenters. The highest BCUT2D eigenvalue weighted by molar-refractivity contribution is 6.11. The highest BCUT2D eigenvalue weighted by atomic mass is 16.3.